The molecule has 0 amide bonds. The fourth-order valence-corrected chi connectivity index (χ4v) is 3.07. The van der Waals surface area contributed by atoms with Crippen LogP contribution in [-0.2, 0) is 19.6 Å². The van der Waals surface area contributed by atoms with Crippen molar-refractivity contribution in [1.29, 1.82) is 0 Å². The van der Waals surface area contributed by atoms with Gasteiger partial charge in [-0.3, -0.25) is 9.80 Å². The molecule has 0 radical (unpaired) electrons. The summed E-state index contributed by atoms with van der Waals surface area (Å²) in [4.78, 5) is 5.09. The molecule has 0 atom stereocenters. The molecule has 1 aromatic rings. The SMILES string of the molecule is CC(C)N1Cc2ccc(CN3CCNCC3)cc2C1. The minimum absolute atomic E-state index is 0.643. The molecule has 0 aliphatic carbocycles. The largest absolute Gasteiger partial charge is 0.314 e. The Bertz CT molecular complexity index is 436. The van der Waals surface area contributed by atoms with Gasteiger partial charge in [0.2, 0.25) is 0 Å². The quantitative estimate of drug-likeness (QED) is 0.893. The van der Waals surface area contributed by atoms with E-state index in [2.05, 4.69) is 47.2 Å². The number of benzene rings is 1. The predicted octanol–water partition coefficient (Wildman–Crippen LogP) is 1.82. The molecule has 3 heteroatoms. The van der Waals surface area contributed by atoms with Crippen LogP contribution in [0.15, 0.2) is 18.2 Å². The van der Waals surface area contributed by atoms with Gasteiger partial charge in [0.25, 0.3) is 0 Å². The first-order chi connectivity index (χ1) is 9.22. The summed E-state index contributed by atoms with van der Waals surface area (Å²) in [6.45, 7) is 12.5. The van der Waals surface area contributed by atoms with Crippen LogP contribution in [0.25, 0.3) is 0 Å². The Morgan fingerprint density at radius 1 is 1.11 bits per heavy atom. The number of fused-ring (bicyclic) bond motifs is 1. The van der Waals surface area contributed by atoms with Crippen molar-refractivity contribution in [2.24, 2.45) is 0 Å². The summed E-state index contributed by atoms with van der Waals surface area (Å²) in [6, 6.07) is 7.74. The molecule has 0 saturated carbocycles. The van der Waals surface area contributed by atoms with E-state index in [-0.39, 0.29) is 0 Å². The summed E-state index contributed by atoms with van der Waals surface area (Å²) in [5.41, 5.74) is 4.55. The van der Waals surface area contributed by atoms with Crippen molar-refractivity contribution in [3.63, 3.8) is 0 Å². The highest BCUT2D eigenvalue weighted by Crippen LogP contribution is 2.25. The monoisotopic (exact) mass is 259 g/mol. The van der Waals surface area contributed by atoms with Gasteiger partial charge in [-0.25, -0.2) is 0 Å². The van der Waals surface area contributed by atoms with Gasteiger partial charge in [-0.1, -0.05) is 18.2 Å². The van der Waals surface area contributed by atoms with E-state index in [1.807, 2.05) is 0 Å². The lowest BCUT2D eigenvalue weighted by atomic mass is 10.1. The molecule has 19 heavy (non-hydrogen) atoms. The second-order valence-electron chi connectivity index (χ2n) is 6.13. The third-order valence-corrected chi connectivity index (χ3v) is 4.36. The van der Waals surface area contributed by atoms with Gasteiger partial charge in [0.05, 0.1) is 0 Å². The molecule has 1 fully saturated rings. The third kappa shape index (κ3) is 2.99. The first-order valence-corrected chi connectivity index (χ1v) is 7.50. The fraction of sp³-hybridized carbons (Fsp3) is 0.625. The molecule has 2 heterocycles. The summed E-state index contributed by atoms with van der Waals surface area (Å²) in [5.74, 6) is 0. The minimum Gasteiger partial charge on any atom is -0.314 e. The first-order valence-electron chi connectivity index (χ1n) is 7.50. The first kappa shape index (κ1) is 13.1. The van der Waals surface area contributed by atoms with Crippen molar-refractivity contribution in [3.8, 4) is 0 Å². The number of rotatable bonds is 3. The van der Waals surface area contributed by atoms with Gasteiger partial charge in [0.15, 0.2) is 0 Å². The van der Waals surface area contributed by atoms with E-state index in [1.54, 1.807) is 5.56 Å². The van der Waals surface area contributed by atoms with Crippen LogP contribution in [0, 0.1) is 0 Å². The smallest absolute Gasteiger partial charge is 0.0243 e. The van der Waals surface area contributed by atoms with Crippen LogP contribution in [0.2, 0.25) is 0 Å². The lowest BCUT2D eigenvalue weighted by Crippen LogP contribution is -2.42. The number of piperazine rings is 1. The van der Waals surface area contributed by atoms with Crippen molar-refractivity contribution in [2.45, 2.75) is 39.5 Å². The molecule has 104 valence electrons. The zero-order valence-electron chi connectivity index (χ0n) is 12.2. The number of hydrogen-bond acceptors (Lipinski definition) is 3. The maximum Gasteiger partial charge on any atom is 0.0243 e. The normalized spacial score (nSPS) is 21.0. The van der Waals surface area contributed by atoms with Crippen LogP contribution in [0.3, 0.4) is 0 Å². The standard InChI is InChI=1S/C16H25N3/c1-13(2)19-11-15-4-3-14(9-16(15)12-19)10-18-7-5-17-6-8-18/h3-4,9,13,17H,5-8,10-12H2,1-2H3. The van der Waals surface area contributed by atoms with Crippen molar-refractivity contribution in [1.82, 2.24) is 15.1 Å². The summed E-state index contributed by atoms with van der Waals surface area (Å²) in [7, 11) is 0. The molecule has 1 aromatic carbocycles. The third-order valence-electron chi connectivity index (χ3n) is 4.36. The molecule has 3 nitrogen and oxygen atoms in total. The summed E-state index contributed by atoms with van der Waals surface area (Å²) < 4.78 is 0. The summed E-state index contributed by atoms with van der Waals surface area (Å²) in [6.07, 6.45) is 0. The van der Waals surface area contributed by atoms with E-state index in [9.17, 15) is 0 Å². The van der Waals surface area contributed by atoms with Crippen LogP contribution in [0.1, 0.15) is 30.5 Å². The Morgan fingerprint density at radius 2 is 1.84 bits per heavy atom. The van der Waals surface area contributed by atoms with Crippen molar-refractivity contribution in [2.75, 3.05) is 26.2 Å². The van der Waals surface area contributed by atoms with Gasteiger partial charge < -0.3 is 5.32 Å². The molecule has 0 bridgehead atoms. The van der Waals surface area contributed by atoms with Gasteiger partial charge in [0, 0.05) is 51.9 Å². The van der Waals surface area contributed by atoms with E-state index >= 15 is 0 Å². The average Bonchev–Trinajstić information content (AvgIpc) is 2.83. The highest BCUT2D eigenvalue weighted by Gasteiger charge is 2.21. The maximum atomic E-state index is 3.41. The average molecular weight is 259 g/mol. The second kappa shape index (κ2) is 5.61. The van der Waals surface area contributed by atoms with E-state index in [1.165, 1.54) is 24.2 Å². The summed E-state index contributed by atoms with van der Waals surface area (Å²) >= 11 is 0. The number of hydrogen-bond donors (Lipinski definition) is 1. The van der Waals surface area contributed by atoms with Gasteiger partial charge >= 0.3 is 0 Å². The number of nitrogens with one attached hydrogen (secondary N) is 1. The Kier molecular flexibility index (Phi) is 3.87. The molecular weight excluding hydrogens is 234 g/mol. The van der Waals surface area contributed by atoms with E-state index in [0.29, 0.717) is 6.04 Å². The lowest BCUT2D eigenvalue weighted by Gasteiger charge is -2.27. The second-order valence-corrected chi connectivity index (χ2v) is 6.13. The van der Waals surface area contributed by atoms with Crippen LogP contribution >= 0.6 is 0 Å². The Balaban J connectivity index is 1.67. The van der Waals surface area contributed by atoms with E-state index in [0.717, 1.165) is 32.7 Å². The van der Waals surface area contributed by atoms with Crippen LogP contribution < -0.4 is 5.32 Å². The van der Waals surface area contributed by atoms with Crippen LogP contribution in [-0.4, -0.2) is 42.0 Å². The molecular formula is C16H25N3. The van der Waals surface area contributed by atoms with Crippen LogP contribution in [0.5, 0.6) is 0 Å². The Labute approximate surface area is 116 Å². The van der Waals surface area contributed by atoms with Crippen LogP contribution in [0.4, 0.5) is 0 Å². The summed E-state index contributed by atoms with van der Waals surface area (Å²) in [5, 5.41) is 3.41. The Morgan fingerprint density at radius 3 is 2.58 bits per heavy atom. The van der Waals surface area contributed by atoms with E-state index in [4.69, 9.17) is 0 Å². The van der Waals surface area contributed by atoms with Gasteiger partial charge in [-0.15, -0.1) is 0 Å². The lowest BCUT2D eigenvalue weighted by molar-refractivity contribution is 0.227. The zero-order chi connectivity index (χ0) is 13.2. The molecule has 0 aromatic heterocycles. The van der Waals surface area contributed by atoms with Gasteiger partial charge in [0.1, 0.15) is 0 Å². The molecule has 2 aliphatic heterocycles. The van der Waals surface area contributed by atoms with Crippen molar-refractivity contribution in [3.05, 3.63) is 34.9 Å². The zero-order valence-corrected chi connectivity index (χ0v) is 12.2. The molecule has 3 rings (SSSR count). The molecule has 0 unspecified atom stereocenters. The van der Waals surface area contributed by atoms with Gasteiger partial charge in [-0.2, -0.15) is 0 Å². The fourth-order valence-electron chi connectivity index (χ4n) is 3.07. The minimum atomic E-state index is 0.643. The molecule has 1 saturated heterocycles. The topological polar surface area (TPSA) is 18.5 Å². The highest BCUT2D eigenvalue weighted by atomic mass is 15.2. The van der Waals surface area contributed by atoms with Crippen molar-refractivity contribution < 1.29 is 0 Å². The molecule has 1 N–H and O–H groups in total. The highest BCUT2D eigenvalue weighted by molar-refractivity contribution is 5.35. The maximum absolute atomic E-state index is 3.41. The van der Waals surface area contributed by atoms with Gasteiger partial charge in [-0.05, 0) is 30.5 Å². The molecule has 0 spiro atoms. The molecule has 2 aliphatic rings. The predicted molar refractivity (Wildman–Crippen MR) is 79.0 cm³/mol. The Hall–Kier alpha value is -0.900. The van der Waals surface area contributed by atoms with E-state index < -0.39 is 0 Å². The number of nitrogens with zero attached hydrogens (tertiary/aromatic N) is 2. The van der Waals surface area contributed by atoms with Crippen molar-refractivity contribution >= 4 is 0 Å².